The van der Waals surface area contributed by atoms with Gasteiger partial charge in [0.1, 0.15) is 0 Å². The van der Waals surface area contributed by atoms with Crippen molar-refractivity contribution in [3.63, 3.8) is 0 Å². The van der Waals surface area contributed by atoms with Crippen molar-refractivity contribution < 1.29 is 0 Å². The van der Waals surface area contributed by atoms with E-state index in [1.807, 2.05) is 0 Å². The third kappa shape index (κ3) is 4.92. The van der Waals surface area contributed by atoms with Crippen molar-refractivity contribution in [3.05, 3.63) is 193 Å². The zero-order chi connectivity index (χ0) is 33.7. The lowest BCUT2D eigenvalue weighted by atomic mass is 9.82. The number of benzene rings is 7. The molecule has 50 heavy (non-hydrogen) atoms. The van der Waals surface area contributed by atoms with E-state index in [1.54, 1.807) is 0 Å². The second-order valence-electron chi connectivity index (χ2n) is 14.0. The summed E-state index contributed by atoms with van der Waals surface area (Å²) in [7, 11) is 0. The van der Waals surface area contributed by atoms with E-state index in [4.69, 9.17) is 0 Å². The van der Waals surface area contributed by atoms with Gasteiger partial charge in [0.05, 0.1) is 11.4 Å². The Hall–Kier alpha value is -5.92. The Bertz CT molecular complexity index is 2460. The summed E-state index contributed by atoms with van der Waals surface area (Å²) in [5.74, 6) is 0. The van der Waals surface area contributed by atoms with Gasteiger partial charge in [-0.1, -0.05) is 166 Å². The highest BCUT2D eigenvalue weighted by Crippen LogP contribution is 2.53. The largest absolute Gasteiger partial charge is 0.309 e. The van der Waals surface area contributed by atoms with Crippen LogP contribution in [0.15, 0.2) is 176 Å². The van der Waals surface area contributed by atoms with Crippen LogP contribution in [0.1, 0.15) is 43.4 Å². The third-order valence-electron chi connectivity index (χ3n) is 10.7. The third-order valence-corrected chi connectivity index (χ3v) is 10.7. The van der Waals surface area contributed by atoms with Crippen LogP contribution in [-0.2, 0) is 5.41 Å². The molecular weight excluding hydrogens is 603 g/mol. The molecule has 240 valence electrons. The van der Waals surface area contributed by atoms with Crippen LogP contribution in [-0.4, -0.2) is 0 Å². The Balaban J connectivity index is 1.34. The van der Waals surface area contributed by atoms with Gasteiger partial charge in [-0.3, -0.25) is 0 Å². The molecule has 1 nitrogen and oxygen atoms in total. The SMILES string of the molecule is CC1(C)c2ccccc2-c2ccc(N(c3ccccc3-c3ccccc3C3=CCCC=C3)c3ccc4ccccc4c3-c3ccccc3)cc21. The number of fused-ring (bicyclic) bond motifs is 4. The first kappa shape index (κ1) is 30.2. The lowest BCUT2D eigenvalue weighted by molar-refractivity contribution is 0.660. The number of hydrogen-bond donors (Lipinski definition) is 0. The molecule has 0 bridgehead atoms. The van der Waals surface area contributed by atoms with E-state index < -0.39 is 0 Å². The molecule has 2 aliphatic carbocycles. The Morgan fingerprint density at radius 2 is 1.18 bits per heavy atom. The van der Waals surface area contributed by atoms with Crippen LogP contribution in [0.2, 0.25) is 0 Å². The fourth-order valence-corrected chi connectivity index (χ4v) is 8.27. The molecule has 0 heterocycles. The first-order valence-corrected chi connectivity index (χ1v) is 17.8. The van der Waals surface area contributed by atoms with Gasteiger partial charge >= 0.3 is 0 Å². The van der Waals surface area contributed by atoms with E-state index in [2.05, 4.69) is 195 Å². The molecule has 0 aromatic heterocycles. The van der Waals surface area contributed by atoms with Crippen molar-refractivity contribution in [1.29, 1.82) is 0 Å². The van der Waals surface area contributed by atoms with Crippen molar-refractivity contribution >= 4 is 33.4 Å². The van der Waals surface area contributed by atoms with E-state index in [0.29, 0.717) is 0 Å². The Labute approximate surface area is 295 Å². The number of nitrogens with zero attached hydrogens (tertiary/aromatic N) is 1. The summed E-state index contributed by atoms with van der Waals surface area (Å²) in [6, 6.07) is 58.2. The molecule has 9 rings (SSSR count). The quantitative estimate of drug-likeness (QED) is 0.175. The highest BCUT2D eigenvalue weighted by atomic mass is 15.1. The Morgan fingerprint density at radius 3 is 2.00 bits per heavy atom. The van der Waals surface area contributed by atoms with Crippen molar-refractivity contribution in [2.24, 2.45) is 0 Å². The summed E-state index contributed by atoms with van der Waals surface area (Å²) in [5, 5.41) is 2.47. The summed E-state index contributed by atoms with van der Waals surface area (Å²) < 4.78 is 0. The van der Waals surface area contributed by atoms with Gasteiger partial charge in [-0.15, -0.1) is 0 Å². The van der Waals surface area contributed by atoms with E-state index >= 15 is 0 Å². The smallest absolute Gasteiger partial charge is 0.0546 e. The molecule has 0 aliphatic heterocycles. The van der Waals surface area contributed by atoms with Gasteiger partial charge < -0.3 is 4.90 Å². The topological polar surface area (TPSA) is 3.24 Å². The molecule has 7 aromatic rings. The fourth-order valence-electron chi connectivity index (χ4n) is 8.27. The second kappa shape index (κ2) is 12.2. The summed E-state index contributed by atoms with van der Waals surface area (Å²) in [6.07, 6.45) is 9.14. The van der Waals surface area contributed by atoms with E-state index in [9.17, 15) is 0 Å². The van der Waals surface area contributed by atoms with Gasteiger partial charge in [-0.25, -0.2) is 0 Å². The highest BCUT2D eigenvalue weighted by molar-refractivity contribution is 6.07. The van der Waals surface area contributed by atoms with Gasteiger partial charge in [0.15, 0.2) is 0 Å². The van der Waals surface area contributed by atoms with Crippen LogP contribution in [0.3, 0.4) is 0 Å². The standard InChI is InChI=1S/C49H39N/c1-49(2)44-27-15-13-25-41(44)42-31-30-37(33-45(42)49)50(47-32-29-35-19-9-10-23-39(35)48(47)36-20-7-4-8-21-36)46-28-16-14-26-43(46)40-24-12-11-22-38(40)34-17-5-3-6-18-34/h4-5,7-33H,3,6H2,1-2H3. The minimum absolute atomic E-state index is 0.120. The Kier molecular flexibility index (Phi) is 7.36. The predicted molar refractivity (Wildman–Crippen MR) is 213 cm³/mol. The van der Waals surface area contributed by atoms with Gasteiger partial charge in [0.25, 0.3) is 0 Å². The van der Waals surface area contributed by atoms with Crippen LogP contribution >= 0.6 is 0 Å². The van der Waals surface area contributed by atoms with Gasteiger partial charge in [-0.05, 0) is 92.4 Å². The zero-order valence-corrected chi connectivity index (χ0v) is 28.6. The molecule has 1 heteroatoms. The van der Waals surface area contributed by atoms with Gasteiger partial charge in [0, 0.05) is 22.2 Å². The molecule has 0 fully saturated rings. The maximum atomic E-state index is 2.52. The molecule has 0 radical (unpaired) electrons. The first-order chi connectivity index (χ1) is 24.6. The molecule has 0 atom stereocenters. The lowest BCUT2D eigenvalue weighted by Gasteiger charge is -2.32. The summed E-state index contributed by atoms with van der Waals surface area (Å²) >= 11 is 0. The molecule has 0 saturated heterocycles. The van der Waals surface area contributed by atoms with Gasteiger partial charge in [-0.2, -0.15) is 0 Å². The second-order valence-corrected chi connectivity index (χ2v) is 14.0. The minimum atomic E-state index is -0.120. The van der Waals surface area contributed by atoms with Crippen LogP contribution < -0.4 is 4.90 Å². The van der Waals surface area contributed by atoms with Gasteiger partial charge in [0.2, 0.25) is 0 Å². The number of hydrogen-bond acceptors (Lipinski definition) is 1. The molecular formula is C49H39N. The van der Waals surface area contributed by atoms with Crippen LogP contribution in [0.25, 0.3) is 49.7 Å². The number of anilines is 3. The van der Waals surface area contributed by atoms with E-state index in [1.165, 1.54) is 66.4 Å². The van der Waals surface area contributed by atoms with Crippen molar-refractivity contribution in [3.8, 4) is 33.4 Å². The first-order valence-electron chi connectivity index (χ1n) is 17.8. The van der Waals surface area contributed by atoms with E-state index in [-0.39, 0.29) is 5.41 Å². The molecule has 0 spiro atoms. The average Bonchev–Trinajstić information content (AvgIpc) is 3.41. The molecule has 2 aliphatic rings. The van der Waals surface area contributed by atoms with Crippen molar-refractivity contribution in [1.82, 2.24) is 0 Å². The normalized spacial score (nSPS) is 14.2. The molecule has 0 amide bonds. The number of rotatable bonds is 6. The maximum Gasteiger partial charge on any atom is 0.0546 e. The fraction of sp³-hybridized carbons (Fsp3) is 0.102. The van der Waals surface area contributed by atoms with Crippen LogP contribution in [0.4, 0.5) is 17.1 Å². The molecule has 7 aromatic carbocycles. The lowest BCUT2D eigenvalue weighted by Crippen LogP contribution is -2.17. The zero-order valence-electron chi connectivity index (χ0n) is 28.6. The maximum absolute atomic E-state index is 2.52. The number of para-hydroxylation sites is 1. The summed E-state index contributed by atoms with van der Waals surface area (Å²) in [5.41, 5.74) is 16.2. The van der Waals surface area contributed by atoms with Crippen LogP contribution in [0.5, 0.6) is 0 Å². The predicted octanol–water partition coefficient (Wildman–Crippen LogP) is 13.7. The molecule has 0 N–H and O–H groups in total. The molecule has 0 saturated carbocycles. The summed E-state index contributed by atoms with van der Waals surface area (Å²) in [6.45, 7) is 4.74. The van der Waals surface area contributed by atoms with Crippen molar-refractivity contribution in [2.75, 3.05) is 4.90 Å². The summed E-state index contributed by atoms with van der Waals surface area (Å²) in [4.78, 5) is 2.52. The monoisotopic (exact) mass is 641 g/mol. The average molecular weight is 642 g/mol. The Morgan fingerprint density at radius 1 is 0.500 bits per heavy atom. The van der Waals surface area contributed by atoms with Crippen LogP contribution in [0, 0.1) is 0 Å². The molecule has 0 unspecified atom stereocenters. The van der Waals surface area contributed by atoms with Crippen molar-refractivity contribution in [2.45, 2.75) is 32.1 Å². The number of allylic oxidation sites excluding steroid dienone is 4. The minimum Gasteiger partial charge on any atom is -0.309 e. The van der Waals surface area contributed by atoms with E-state index in [0.717, 1.165) is 29.9 Å². The highest BCUT2D eigenvalue weighted by Gasteiger charge is 2.36.